The highest BCUT2D eigenvalue weighted by Crippen LogP contribution is 2.20. The molecule has 2 heterocycles. The molecule has 15 heavy (non-hydrogen) atoms. The van der Waals surface area contributed by atoms with E-state index in [4.69, 9.17) is 4.74 Å². The Morgan fingerprint density at radius 3 is 2.80 bits per heavy atom. The number of rotatable bonds is 2. The van der Waals surface area contributed by atoms with Crippen molar-refractivity contribution < 1.29 is 4.74 Å². The molecule has 0 saturated carbocycles. The SMILES string of the molecule is CC1(C)COCCN1Cc1ncncn1. The molecule has 0 aromatic carbocycles. The number of ether oxygens (including phenoxy) is 1. The van der Waals surface area contributed by atoms with Crippen LogP contribution < -0.4 is 0 Å². The Kier molecular flexibility index (Phi) is 2.93. The summed E-state index contributed by atoms with van der Waals surface area (Å²) in [6, 6.07) is 0. The normalized spacial score (nSPS) is 21.5. The number of hydrogen-bond acceptors (Lipinski definition) is 5. The maximum Gasteiger partial charge on any atom is 0.145 e. The first-order valence-electron chi connectivity index (χ1n) is 5.12. The highest BCUT2D eigenvalue weighted by molar-refractivity contribution is 4.89. The molecule has 0 amide bonds. The van der Waals surface area contributed by atoms with Gasteiger partial charge in [-0.3, -0.25) is 4.90 Å². The highest BCUT2D eigenvalue weighted by atomic mass is 16.5. The molecule has 0 N–H and O–H groups in total. The Morgan fingerprint density at radius 2 is 2.13 bits per heavy atom. The molecule has 0 radical (unpaired) electrons. The quantitative estimate of drug-likeness (QED) is 0.707. The summed E-state index contributed by atoms with van der Waals surface area (Å²) in [5, 5.41) is 0. The third-order valence-electron chi connectivity index (χ3n) is 2.70. The highest BCUT2D eigenvalue weighted by Gasteiger charge is 2.30. The molecule has 82 valence electrons. The lowest BCUT2D eigenvalue weighted by Crippen LogP contribution is -2.52. The van der Waals surface area contributed by atoms with Gasteiger partial charge in [0.05, 0.1) is 19.8 Å². The van der Waals surface area contributed by atoms with E-state index in [1.54, 1.807) is 0 Å². The van der Waals surface area contributed by atoms with Crippen LogP contribution in [0.4, 0.5) is 0 Å². The summed E-state index contributed by atoms with van der Waals surface area (Å²) in [5.74, 6) is 0.819. The Bertz CT molecular complexity index is 314. The molecule has 5 nitrogen and oxygen atoms in total. The van der Waals surface area contributed by atoms with Crippen LogP contribution in [0, 0.1) is 0 Å². The summed E-state index contributed by atoms with van der Waals surface area (Å²) in [6.45, 7) is 7.59. The van der Waals surface area contributed by atoms with E-state index < -0.39 is 0 Å². The molecule has 1 aromatic heterocycles. The van der Waals surface area contributed by atoms with Crippen molar-refractivity contribution in [2.45, 2.75) is 25.9 Å². The fourth-order valence-electron chi connectivity index (χ4n) is 1.70. The van der Waals surface area contributed by atoms with Gasteiger partial charge in [-0.2, -0.15) is 0 Å². The Labute approximate surface area is 89.5 Å². The standard InChI is InChI=1S/C10H16N4O/c1-10(2)6-15-4-3-14(10)5-9-12-7-11-8-13-9/h7-8H,3-6H2,1-2H3. The van der Waals surface area contributed by atoms with Gasteiger partial charge in [-0.05, 0) is 13.8 Å². The van der Waals surface area contributed by atoms with Crippen molar-refractivity contribution in [3.8, 4) is 0 Å². The smallest absolute Gasteiger partial charge is 0.145 e. The molecule has 1 fully saturated rings. The van der Waals surface area contributed by atoms with E-state index in [1.807, 2.05) is 0 Å². The van der Waals surface area contributed by atoms with Crippen molar-refractivity contribution in [3.05, 3.63) is 18.5 Å². The zero-order valence-electron chi connectivity index (χ0n) is 9.18. The summed E-state index contributed by atoms with van der Waals surface area (Å²) in [6.07, 6.45) is 3.07. The maximum absolute atomic E-state index is 5.46. The summed E-state index contributed by atoms with van der Waals surface area (Å²) in [7, 11) is 0. The van der Waals surface area contributed by atoms with Crippen LogP contribution in [0.2, 0.25) is 0 Å². The van der Waals surface area contributed by atoms with Crippen molar-refractivity contribution in [2.75, 3.05) is 19.8 Å². The summed E-state index contributed by atoms with van der Waals surface area (Å²) in [4.78, 5) is 14.4. The average molecular weight is 208 g/mol. The van der Waals surface area contributed by atoms with Crippen molar-refractivity contribution >= 4 is 0 Å². The molecule has 0 atom stereocenters. The van der Waals surface area contributed by atoms with Crippen LogP contribution in [0.25, 0.3) is 0 Å². The largest absolute Gasteiger partial charge is 0.378 e. The van der Waals surface area contributed by atoms with E-state index in [0.717, 1.165) is 32.1 Å². The van der Waals surface area contributed by atoms with Gasteiger partial charge in [0, 0.05) is 12.1 Å². The van der Waals surface area contributed by atoms with Crippen molar-refractivity contribution in [1.29, 1.82) is 0 Å². The lowest BCUT2D eigenvalue weighted by molar-refractivity contribution is -0.0563. The van der Waals surface area contributed by atoms with Crippen LogP contribution in [0.15, 0.2) is 12.7 Å². The molecule has 0 aliphatic carbocycles. The molecule has 0 bridgehead atoms. The third-order valence-corrected chi connectivity index (χ3v) is 2.70. The lowest BCUT2D eigenvalue weighted by atomic mass is 10.0. The fraction of sp³-hybridized carbons (Fsp3) is 0.700. The van der Waals surface area contributed by atoms with Crippen molar-refractivity contribution in [3.63, 3.8) is 0 Å². The Hall–Kier alpha value is -1.07. The minimum Gasteiger partial charge on any atom is -0.378 e. The van der Waals surface area contributed by atoms with E-state index in [-0.39, 0.29) is 5.54 Å². The number of morpholine rings is 1. The zero-order chi connectivity index (χ0) is 10.7. The van der Waals surface area contributed by atoms with Crippen LogP contribution in [0.1, 0.15) is 19.7 Å². The van der Waals surface area contributed by atoms with Gasteiger partial charge in [0.1, 0.15) is 18.5 Å². The average Bonchev–Trinajstić information content (AvgIpc) is 2.23. The van der Waals surface area contributed by atoms with Crippen LogP contribution in [-0.4, -0.2) is 45.1 Å². The first-order chi connectivity index (χ1) is 7.18. The summed E-state index contributed by atoms with van der Waals surface area (Å²) >= 11 is 0. The van der Waals surface area contributed by atoms with Gasteiger partial charge in [-0.15, -0.1) is 0 Å². The number of hydrogen-bond donors (Lipinski definition) is 0. The first kappa shape index (κ1) is 10.4. The van der Waals surface area contributed by atoms with Gasteiger partial charge < -0.3 is 4.74 Å². The van der Waals surface area contributed by atoms with Gasteiger partial charge in [0.2, 0.25) is 0 Å². The first-order valence-corrected chi connectivity index (χ1v) is 5.12. The molecule has 2 rings (SSSR count). The predicted molar refractivity (Wildman–Crippen MR) is 55.1 cm³/mol. The Balaban J connectivity index is 2.05. The van der Waals surface area contributed by atoms with Crippen LogP contribution in [-0.2, 0) is 11.3 Å². The van der Waals surface area contributed by atoms with E-state index in [1.165, 1.54) is 12.7 Å². The van der Waals surface area contributed by atoms with Gasteiger partial charge >= 0.3 is 0 Å². The van der Waals surface area contributed by atoms with Gasteiger partial charge in [-0.1, -0.05) is 0 Å². The fourth-order valence-corrected chi connectivity index (χ4v) is 1.70. The molecular weight excluding hydrogens is 192 g/mol. The van der Waals surface area contributed by atoms with E-state index in [9.17, 15) is 0 Å². The monoisotopic (exact) mass is 208 g/mol. The second kappa shape index (κ2) is 4.20. The van der Waals surface area contributed by atoms with E-state index in [2.05, 4.69) is 33.7 Å². The summed E-state index contributed by atoms with van der Waals surface area (Å²) in [5.41, 5.74) is 0.0604. The molecular formula is C10H16N4O. The molecule has 1 saturated heterocycles. The topological polar surface area (TPSA) is 51.1 Å². The van der Waals surface area contributed by atoms with Gasteiger partial charge in [0.25, 0.3) is 0 Å². The summed E-state index contributed by atoms with van der Waals surface area (Å²) < 4.78 is 5.46. The van der Waals surface area contributed by atoms with Gasteiger partial charge in [-0.25, -0.2) is 15.0 Å². The Morgan fingerprint density at radius 1 is 1.40 bits per heavy atom. The van der Waals surface area contributed by atoms with Gasteiger partial charge in [0.15, 0.2) is 0 Å². The molecule has 1 aliphatic rings. The van der Waals surface area contributed by atoms with Crippen LogP contribution in [0.5, 0.6) is 0 Å². The van der Waals surface area contributed by atoms with Crippen LogP contribution >= 0.6 is 0 Å². The molecule has 0 spiro atoms. The van der Waals surface area contributed by atoms with Crippen molar-refractivity contribution in [2.24, 2.45) is 0 Å². The number of nitrogens with zero attached hydrogens (tertiary/aromatic N) is 4. The molecule has 0 unspecified atom stereocenters. The minimum atomic E-state index is 0.0604. The number of aromatic nitrogens is 3. The molecule has 1 aromatic rings. The second-order valence-corrected chi connectivity index (χ2v) is 4.34. The van der Waals surface area contributed by atoms with Crippen molar-refractivity contribution in [1.82, 2.24) is 19.9 Å². The predicted octanol–water partition coefficient (Wildman–Crippen LogP) is 0.482. The maximum atomic E-state index is 5.46. The van der Waals surface area contributed by atoms with E-state index in [0.29, 0.717) is 0 Å². The zero-order valence-corrected chi connectivity index (χ0v) is 9.18. The third kappa shape index (κ3) is 2.49. The lowest BCUT2D eigenvalue weighted by Gasteiger charge is -2.41. The van der Waals surface area contributed by atoms with E-state index >= 15 is 0 Å². The molecule has 1 aliphatic heterocycles. The molecule has 5 heteroatoms. The minimum absolute atomic E-state index is 0.0604. The second-order valence-electron chi connectivity index (χ2n) is 4.34. The van der Waals surface area contributed by atoms with Crippen LogP contribution in [0.3, 0.4) is 0 Å².